The Kier molecular flexibility index (Phi) is 4.99. The van der Waals surface area contributed by atoms with Gasteiger partial charge in [0.15, 0.2) is 0 Å². The van der Waals surface area contributed by atoms with Crippen molar-refractivity contribution in [2.24, 2.45) is 0 Å². The first-order valence-electron chi connectivity index (χ1n) is 6.81. The second kappa shape index (κ2) is 6.93. The van der Waals surface area contributed by atoms with Gasteiger partial charge in [0.2, 0.25) is 5.91 Å². The molecule has 0 heterocycles. The third-order valence-corrected chi connectivity index (χ3v) is 3.36. The number of anilines is 1. The second-order valence-electron chi connectivity index (χ2n) is 4.79. The van der Waals surface area contributed by atoms with Crippen molar-refractivity contribution >= 4 is 11.6 Å². The molecule has 116 valence electrons. The van der Waals surface area contributed by atoms with E-state index in [0.717, 1.165) is 11.1 Å². The van der Waals surface area contributed by atoms with E-state index in [1.807, 2.05) is 6.92 Å². The zero-order valence-electron chi connectivity index (χ0n) is 12.8. The highest BCUT2D eigenvalue weighted by molar-refractivity contribution is 5.92. The summed E-state index contributed by atoms with van der Waals surface area (Å²) in [4.78, 5) is 12.1. The number of nitrogens with one attached hydrogen (secondary N) is 1. The fraction of sp³-hybridized carbons (Fsp3) is 0.235. The molecule has 0 fully saturated rings. The normalized spacial score (nSPS) is 10.2. The Labute approximate surface area is 128 Å². The molecule has 22 heavy (non-hydrogen) atoms. The van der Waals surface area contributed by atoms with Crippen LogP contribution in [0.5, 0.6) is 11.5 Å². The lowest BCUT2D eigenvalue weighted by Gasteiger charge is -2.14. The fourth-order valence-corrected chi connectivity index (χ4v) is 2.30. The van der Waals surface area contributed by atoms with Crippen LogP contribution in [0.25, 0.3) is 0 Å². The molecule has 0 saturated heterocycles. The molecule has 2 aromatic rings. The maximum Gasteiger partial charge on any atom is 0.229 e. The Morgan fingerprint density at radius 3 is 2.50 bits per heavy atom. The topological polar surface area (TPSA) is 47.6 Å². The maximum atomic E-state index is 13.5. The molecule has 0 spiro atoms. The summed E-state index contributed by atoms with van der Waals surface area (Å²) in [5.41, 5.74) is 1.70. The fourth-order valence-electron chi connectivity index (χ4n) is 2.30. The van der Waals surface area contributed by atoms with Crippen molar-refractivity contribution in [2.45, 2.75) is 13.3 Å². The van der Waals surface area contributed by atoms with Crippen molar-refractivity contribution in [3.8, 4) is 11.5 Å². The van der Waals surface area contributed by atoms with E-state index in [2.05, 4.69) is 5.32 Å². The molecule has 0 aliphatic heterocycles. The SMILES string of the molecule is COc1ccc(CC(=O)Nc2ccccc2F)c(OC)c1C. The average molecular weight is 303 g/mol. The number of benzene rings is 2. The van der Waals surface area contributed by atoms with Crippen LogP contribution in [0.15, 0.2) is 36.4 Å². The predicted molar refractivity (Wildman–Crippen MR) is 83.0 cm³/mol. The van der Waals surface area contributed by atoms with Gasteiger partial charge in [0, 0.05) is 11.1 Å². The van der Waals surface area contributed by atoms with Gasteiger partial charge in [-0.2, -0.15) is 0 Å². The maximum absolute atomic E-state index is 13.5. The van der Waals surface area contributed by atoms with Crippen molar-refractivity contribution in [1.29, 1.82) is 0 Å². The van der Waals surface area contributed by atoms with Gasteiger partial charge in [-0.15, -0.1) is 0 Å². The zero-order chi connectivity index (χ0) is 16.1. The van der Waals surface area contributed by atoms with Gasteiger partial charge < -0.3 is 14.8 Å². The molecule has 0 bridgehead atoms. The lowest BCUT2D eigenvalue weighted by Crippen LogP contribution is -2.16. The first-order chi connectivity index (χ1) is 10.6. The molecule has 1 N–H and O–H groups in total. The van der Waals surface area contributed by atoms with Crippen LogP contribution in [0.2, 0.25) is 0 Å². The molecule has 0 atom stereocenters. The minimum atomic E-state index is -0.464. The number of hydrogen-bond acceptors (Lipinski definition) is 3. The number of hydrogen-bond donors (Lipinski definition) is 1. The Morgan fingerprint density at radius 2 is 1.86 bits per heavy atom. The Hall–Kier alpha value is -2.56. The van der Waals surface area contributed by atoms with E-state index in [9.17, 15) is 9.18 Å². The van der Waals surface area contributed by atoms with Crippen LogP contribution >= 0.6 is 0 Å². The zero-order valence-corrected chi connectivity index (χ0v) is 12.8. The molecule has 0 aliphatic carbocycles. The number of ether oxygens (including phenoxy) is 2. The number of amides is 1. The summed E-state index contributed by atoms with van der Waals surface area (Å²) in [6.45, 7) is 1.86. The van der Waals surface area contributed by atoms with E-state index in [1.54, 1.807) is 38.5 Å². The van der Waals surface area contributed by atoms with Gasteiger partial charge in [0.25, 0.3) is 0 Å². The van der Waals surface area contributed by atoms with Crippen molar-refractivity contribution in [3.05, 3.63) is 53.3 Å². The lowest BCUT2D eigenvalue weighted by molar-refractivity contribution is -0.115. The molecule has 0 aliphatic rings. The first kappa shape index (κ1) is 15.8. The quantitative estimate of drug-likeness (QED) is 0.921. The van der Waals surface area contributed by atoms with Crippen LogP contribution in [-0.4, -0.2) is 20.1 Å². The van der Waals surface area contributed by atoms with Crippen molar-refractivity contribution in [1.82, 2.24) is 0 Å². The third-order valence-electron chi connectivity index (χ3n) is 3.36. The van der Waals surface area contributed by atoms with Crippen molar-refractivity contribution in [3.63, 3.8) is 0 Å². The highest BCUT2D eigenvalue weighted by atomic mass is 19.1. The molecule has 1 amide bonds. The molecule has 0 radical (unpaired) electrons. The monoisotopic (exact) mass is 303 g/mol. The van der Waals surface area contributed by atoms with Crippen molar-refractivity contribution < 1.29 is 18.7 Å². The molecular formula is C17H18FNO3. The third kappa shape index (κ3) is 3.36. The second-order valence-corrected chi connectivity index (χ2v) is 4.79. The van der Waals surface area contributed by atoms with Crippen LogP contribution in [0.3, 0.4) is 0 Å². The van der Waals surface area contributed by atoms with Gasteiger partial charge in [-0.25, -0.2) is 4.39 Å². The Morgan fingerprint density at radius 1 is 1.14 bits per heavy atom. The first-order valence-corrected chi connectivity index (χ1v) is 6.81. The van der Waals surface area contributed by atoms with E-state index < -0.39 is 5.82 Å². The van der Waals surface area contributed by atoms with Crippen LogP contribution in [-0.2, 0) is 11.2 Å². The minimum absolute atomic E-state index is 0.0857. The molecular weight excluding hydrogens is 285 g/mol. The predicted octanol–water partition coefficient (Wildman–Crippen LogP) is 3.33. The molecule has 0 aromatic heterocycles. The number of halogens is 1. The van der Waals surface area contributed by atoms with E-state index in [1.165, 1.54) is 12.1 Å². The molecule has 2 rings (SSSR count). The van der Waals surface area contributed by atoms with Crippen molar-refractivity contribution in [2.75, 3.05) is 19.5 Å². The van der Waals surface area contributed by atoms with E-state index in [0.29, 0.717) is 11.5 Å². The van der Waals surface area contributed by atoms with Crippen LogP contribution in [0.4, 0.5) is 10.1 Å². The standard InChI is InChI=1S/C17H18FNO3/c1-11-15(21-2)9-8-12(17(11)22-3)10-16(20)19-14-7-5-4-6-13(14)18/h4-9H,10H2,1-3H3,(H,19,20). The summed E-state index contributed by atoms with van der Waals surface area (Å²) >= 11 is 0. The largest absolute Gasteiger partial charge is 0.496 e. The van der Waals surface area contributed by atoms with Gasteiger partial charge in [-0.1, -0.05) is 18.2 Å². The van der Waals surface area contributed by atoms with Gasteiger partial charge in [0.05, 0.1) is 26.3 Å². The molecule has 2 aromatic carbocycles. The molecule has 5 heteroatoms. The number of carbonyl (C=O) groups is 1. The van der Waals surface area contributed by atoms with E-state index >= 15 is 0 Å². The summed E-state index contributed by atoms with van der Waals surface area (Å²) in [5.74, 6) is 0.514. The Bertz CT molecular complexity index is 686. The van der Waals surface area contributed by atoms with Gasteiger partial charge in [-0.05, 0) is 25.1 Å². The van der Waals surface area contributed by atoms with Crippen LogP contribution in [0, 0.1) is 12.7 Å². The Balaban J connectivity index is 2.18. The number of methoxy groups -OCH3 is 2. The number of rotatable bonds is 5. The number of carbonyl (C=O) groups excluding carboxylic acids is 1. The van der Waals surface area contributed by atoms with Crippen LogP contribution < -0.4 is 14.8 Å². The van der Waals surface area contributed by atoms with E-state index in [4.69, 9.17) is 9.47 Å². The summed E-state index contributed by atoms with van der Waals surface area (Å²) in [6, 6.07) is 9.60. The minimum Gasteiger partial charge on any atom is -0.496 e. The lowest BCUT2D eigenvalue weighted by atomic mass is 10.1. The highest BCUT2D eigenvalue weighted by Crippen LogP contribution is 2.31. The van der Waals surface area contributed by atoms with Gasteiger partial charge in [-0.3, -0.25) is 4.79 Å². The molecule has 4 nitrogen and oxygen atoms in total. The molecule has 0 saturated carbocycles. The molecule has 0 unspecified atom stereocenters. The summed E-state index contributed by atoms with van der Waals surface area (Å²) in [6.07, 6.45) is 0.0857. The number of para-hydroxylation sites is 1. The highest BCUT2D eigenvalue weighted by Gasteiger charge is 2.15. The summed E-state index contributed by atoms with van der Waals surface area (Å²) < 4.78 is 24.1. The summed E-state index contributed by atoms with van der Waals surface area (Å²) in [7, 11) is 3.12. The summed E-state index contributed by atoms with van der Waals surface area (Å²) in [5, 5.41) is 2.56. The van der Waals surface area contributed by atoms with E-state index in [-0.39, 0.29) is 18.0 Å². The van der Waals surface area contributed by atoms with Gasteiger partial charge >= 0.3 is 0 Å². The van der Waals surface area contributed by atoms with Gasteiger partial charge in [0.1, 0.15) is 17.3 Å². The average Bonchev–Trinajstić information content (AvgIpc) is 2.50. The smallest absolute Gasteiger partial charge is 0.229 e. The van der Waals surface area contributed by atoms with Crippen LogP contribution in [0.1, 0.15) is 11.1 Å².